The summed E-state index contributed by atoms with van der Waals surface area (Å²) in [5, 5.41) is 10.2. The van der Waals surface area contributed by atoms with E-state index in [1.807, 2.05) is 0 Å². The summed E-state index contributed by atoms with van der Waals surface area (Å²) >= 11 is 0. The molecule has 3 atom stereocenters. The highest BCUT2D eigenvalue weighted by atomic mass is 16.5. The van der Waals surface area contributed by atoms with E-state index in [0.29, 0.717) is 12.0 Å². The van der Waals surface area contributed by atoms with Gasteiger partial charge in [0.1, 0.15) is 0 Å². The summed E-state index contributed by atoms with van der Waals surface area (Å²) < 4.78 is 6.39. The Morgan fingerprint density at radius 2 is 1.67 bits per heavy atom. The molecule has 0 aromatic carbocycles. The van der Waals surface area contributed by atoms with Crippen molar-refractivity contribution in [3.63, 3.8) is 0 Å². The summed E-state index contributed by atoms with van der Waals surface area (Å²) in [6.45, 7) is 0. The third-order valence-electron chi connectivity index (χ3n) is 5.54. The summed E-state index contributed by atoms with van der Waals surface area (Å²) in [7, 11) is 0. The Hall–Kier alpha value is -0.0800. The minimum absolute atomic E-state index is 0.0590. The zero-order valence-electron chi connectivity index (χ0n) is 11.6. The van der Waals surface area contributed by atoms with Crippen LogP contribution in [0.5, 0.6) is 0 Å². The molecular formula is C16H28O2. The molecule has 2 heteroatoms. The van der Waals surface area contributed by atoms with E-state index < -0.39 is 0 Å². The third-order valence-corrected chi connectivity index (χ3v) is 5.54. The van der Waals surface area contributed by atoms with Crippen molar-refractivity contribution in [3.8, 4) is 0 Å². The lowest BCUT2D eigenvalue weighted by atomic mass is 9.90. The molecule has 2 aliphatic carbocycles. The molecule has 104 valence electrons. The van der Waals surface area contributed by atoms with Crippen LogP contribution in [0.4, 0.5) is 0 Å². The normalized spacial score (nSPS) is 40.2. The largest absolute Gasteiger partial charge is 0.393 e. The van der Waals surface area contributed by atoms with Gasteiger partial charge in [-0.15, -0.1) is 0 Å². The Morgan fingerprint density at radius 1 is 0.889 bits per heavy atom. The third kappa shape index (κ3) is 2.75. The smallest absolute Gasteiger partial charge is 0.0687 e. The van der Waals surface area contributed by atoms with Crippen LogP contribution < -0.4 is 0 Å². The van der Waals surface area contributed by atoms with Crippen molar-refractivity contribution in [2.24, 2.45) is 5.92 Å². The van der Waals surface area contributed by atoms with Gasteiger partial charge in [0.15, 0.2) is 0 Å². The van der Waals surface area contributed by atoms with E-state index in [-0.39, 0.29) is 11.7 Å². The first-order valence-electron chi connectivity index (χ1n) is 8.13. The van der Waals surface area contributed by atoms with Crippen molar-refractivity contribution in [1.82, 2.24) is 0 Å². The van der Waals surface area contributed by atoms with Gasteiger partial charge in [0.2, 0.25) is 0 Å². The predicted molar refractivity (Wildman–Crippen MR) is 72.5 cm³/mol. The number of aliphatic hydroxyl groups is 1. The molecule has 0 bridgehead atoms. The van der Waals surface area contributed by atoms with Gasteiger partial charge in [-0.05, 0) is 50.9 Å². The summed E-state index contributed by atoms with van der Waals surface area (Å²) in [6, 6.07) is 0. The van der Waals surface area contributed by atoms with Gasteiger partial charge >= 0.3 is 0 Å². The van der Waals surface area contributed by atoms with Gasteiger partial charge in [-0.3, -0.25) is 0 Å². The van der Waals surface area contributed by atoms with Gasteiger partial charge < -0.3 is 9.84 Å². The van der Waals surface area contributed by atoms with Crippen molar-refractivity contribution < 1.29 is 9.84 Å². The molecule has 2 nitrogen and oxygen atoms in total. The van der Waals surface area contributed by atoms with E-state index in [4.69, 9.17) is 4.74 Å². The van der Waals surface area contributed by atoms with E-state index in [1.165, 1.54) is 64.2 Å². The molecule has 0 amide bonds. The first-order valence-corrected chi connectivity index (χ1v) is 8.13. The standard InChI is InChI=1S/C16H28O2/c17-15-7-3-1-2-6-13(15)12-14-8-11-16(18-14)9-4-5-10-16/h13-15,17H,1-12H2. The van der Waals surface area contributed by atoms with Crippen LogP contribution in [0.3, 0.4) is 0 Å². The minimum atomic E-state index is -0.0590. The zero-order valence-corrected chi connectivity index (χ0v) is 11.6. The second-order valence-corrected chi connectivity index (χ2v) is 6.87. The summed E-state index contributed by atoms with van der Waals surface area (Å²) in [5.41, 5.74) is 0.264. The fourth-order valence-electron chi connectivity index (χ4n) is 4.43. The number of ether oxygens (including phenoxy) is 1. The molecule has 1 saturated heterocycles. The molecule has 3 aliphatic rings. The number of aliphatic hydroxyl groups excluding tert-OH is 1. The molecule has 3 unspecified atom stereocenters. The van der Waals surface area contributed by atoms with Crippen LogP contribution >= 0.6 is 0 Å². The molecule has 2 saturated carbocycles. The summed E-state index contributed by atoms with van der Waals surface area (Å²) in [5.74, 6) is 0.508. The van der Waals surface area contributed by atoms with E-state index in [0.717, 1.165) is 12.8 Å². The van der Waals surface area contributed by atoms with Gasteiger partial charge in [-0.2, -0.15) is 0 Å². The van der Waals surface area contributed by atoms with E-state index in [9.17, 15) is 5.11 Å². The van der Waals surface area contributed by atoms with Crippen LogP contribution in [0.25, 0.3) is 0 Å². The first kappa shape index (κ1) is 12.9. The Bertz CT molecular complexity index is 270. The highest BCUT2D eigenvalue weighted by molar-refractivity contribution is 4.93. The lowest BCUT2D eigenvalue weighted by Gasteiger charge is -2.27. The van der Waals surface area contributed by atoms with Gasteiger partial charge in [0.05, 0.1) is 17.8 Å². The van der Waals surface area contributed by atoms with Crippen LogP contribution in [0.1, 0.15) is 77.0 Å². The maximum absolute atomic E-state index is 10.2. The minimum Gasteiger partial charge on any atom is -0.393 e. The molecule has 3 fully saturated rings. The van der Waals surface area contributed by atoms with Crippen LogP contribution in [0, 0.1) is 5.92 Å². The van der Waals surface area contributed by atoms with Crippen LogP contribution in [-0.4, -0.2) is 22.9 Å². The molecule has 1 heterocycles. The highest BCUT2D eigenvalue weighted by Gasteiger charge is 2.42. The number of hydrogen-bond donors (Lipinski definition) is 1. The maximum Gasteiger partial charge on any atom is 0.0687 e. The van der Waals surface area contributed by atoms with Gasteiger partial charge in [0, 0.05) is 0 Å². The second kappa shape index (κ2) is 5.50. The summed E-state index contributed by atoms with van der Waals surface area (Å²) in [4.78, 5) is 0. The topological polar surface area (TPSA) is 29.5 Å². The van der Waals surface area contributed by atoms with E-state index in [1.54, 1.807) is 0 Å². The Labute approximate surface area is 111 Å². The predicted octanol–water partition coefficient (Wildman–Crippen LogP) is 3.81. The van der Waals surface area contributed by atoms with Crippen molar-refractivity contribution >= 4 is 0 Å². The highest BCUT2D eigenvalue weighted by Crippen LogP contribution is 2.45. The molecule has 0 aromatic rings. The average Bonchev–Trinajstić information content (AvgIpc) is 2.93. The second-order valence-electron chi connectivity index (χ2n) is 6.87. The van der Waals surface area contributed by atoms with E-state index >= 15 is 0 Å². The number of hydrogen-bond acceptors (Lipinski definition) is 2. The first-order chi connectivity index (χ1) is 8.77. The molecular weight excluding hydrogens is 224 g/mol. The molecule has 1 N–H and O–H groups in total. The Kier molecular flexibility index (Phi) is 3.95. The molecule has 0 radical (unpaired) electrons. The van der Waals surface area contributed by atoms with Gasteiger partial charge in [-0.1, -0.05) is 32.1 Å². The Morgan fingerprint density at radius 3 is 2.50 bits per heavy atom. The van der Waals surface area contributed by atoms with Crippen molar-refractivity contribution in [1.29, 1.82) is 0 Å². The lowest BCUT2D eigenvalue weighted by molar-refractivity contribution is -0.0527. The van der Waals surface area contributed by atoms with Crippen LogP contribution in [0.15, 0.2) is 0 Å². The van der Waals surface area contributed by atoms with Gasteiger partial charge in [-0.25, -0.2) is 0 Å². The quantitative estimate of drug-likeness (QED) is 0.757. The van der Waals surface area contributed by atoms with Crippen molar-refractivity contribution in [2.45, 2.75) is 94.9 Å². The lowest BCUT2D eigenvalue weighted by Crippen LogP contribution is -2.28. The van der Waals surface area contributed by atoms with Gasteiger partial charge in [0.25, 0.3) is 0 Å². The molecule has 3 rings (SSSR count). The zero-order chi connectivity index (χ0) is 12.4. The molecule has 1 aliphatic heterocycles. The molecule has 1 spiro atoms. The van der Waals surface area contributed by atoms with Crippen molar-refractivity contribution in [2.75, 3.05) is 0 Å². The van der Waals surface area contributed by atoms with Crippen LogP contribution in [-0.2, 0) is 4.74 Å². The molecule has 18 heavy (non-hydrogen) atoms. The summed E-state index contributed by atoms with van der Waals surface area (Å²) in [6.07, 6.45) is 15.4. The molecule has 0 aromatic heterocycles. The fourth-order valence-corrected chi connectivity index (χ4v) is 4.43. The van der Waals surface area contributed by atoms with Crippen molar-refractivity contribution in [3.05, 3.63) is 0 Å². The fraction of sp³-hybridized carbons (Fsp3) is 1.00. The monoisotopic (exact) mass is 252 g/mol. The maximum atomic E-state index is 10.2. The van der Waals surface area contributed by atoms with E-state index in [2.05, 4.69) is 0 Å². The average molecular weight is 252 g/mol. The number of rotatable bonds is 2. The SMILES string of the molecule is OC1CCCCCC1CC1CCC2(CCCC2)O1. The van der Waals surface area contributed by atoms with Crippen LogP contribution in [0.2, 0.25) is 0 Å². The Balaban J connectivity index is 1.53.